The van der Waals surface area contributed by atoms with Gasteiger partial charge < -0.3 is 15.2 Å². The quantitative estimate of drug-likeness (QED) is 0.713. The normalized spacial score (nSPS) is 20.3. The fraction of sp³-hybridized carbons (Fsp3) is 0.278. The lowest BCUT2D eigenvalue weighted by atomic mass is 9.80. The van der Waals surface area contributed by atoms with Gasteiger partial charge >= 0.3 is 12.1 Å². The van der Waals surface area contributed by atoms with E-state index in [0.29, 0.717) is 29.6 Å². The molecule has 0 bridgehead atoms. The molecular formula is C18H14F3NO3. The number of H-pyrrole nitrogens is 1. The number of aryl methyl sites for hydroxylation is 1. The Labute approximate surface area is 140 Å². The third-order valence-corrected chi connectivity index (χ3v) is 4.96. The maximum Gasteiger partial charge on any atom is 0.416 e. The van der Waals surface area contributed by atoms with E-state index in [9.17, 15) is 28.2 Å². The number of aromatic amines is 1. The van der Waals surface area contributed by atoms with E-state index in [4.69, 9.17) is 0 Å². The van der Waals surface area contributed by atoms with Crippen LogP contribution in [0.3, 0.4) is 0 Å². The number of carbonyl (C=O) groups is 1. The van der Waals surface area contributed by atoms with Crippen molar-refractivity contribution in [1.29, 1.82) is 0 Å². The lowest BCUT2D eigenvalue weighted by Crippen LogP contribution is -2.22. The number of nitrogens with one attached hydrogen (secondary N) is 1. The number of hydrogen-bond donors (Lipinski definition) is 3. The number of carboxylic acids is 1. The Hall–Kier alpha value is -2.70. The maximum atomic E-state index is 12.9. The first-order valence-electron chi connectivity index (χ1n) is 7.83. The Morgan fingerprint density at radius 2 is 2.00 bits per heavy atom. The molecule has 4 rings (SSSR count). The number of hydrogen-bond acceptors (Lipinski definition) is 2. The zero-order chi connectivity index (χ0) is 17.9. The first-order chi connectivity index (χ1) is 11.8. The van der Waals surface area contributed by atoms with Crippen LogP contribution in [-0.2, 0) is 17.4 Å². The van der Waals surface area contributed by atoms with Gasteiger partial charge in [0.25, 0.3) is 0 Å². The number of fused-ring (bicyclic) bond motifs is 4. The predicted molar refractivity (Wildman–Crippen MR) is 85.0 cm³/mol. The largest absolute Gasteiger partial charge is 0.511 e. The number of alkyl halides is 3. The second kappa shape index (κ2) is 5.15. The van der Waals surface area contributed by atoms with Crippen LogP contribution < -0.4 is 0 Å². The summed E-state index contributed by atoms with van der Waals surface area (Å²) in [5, 5.41) is 19.9. The molecule has 2 aliphatic carbocycles. The lowest BCUT2D eigenvalue weighted by molar-refractivity contribution is -0.141. The van der Waals surface area contributed by atoms with Crippen molar-refractivity contribution in [3.05, 3.63) is 52.4 Å². The first-order valence-corrected chi connectivity index (χ1v) is 7.83. The van der Waals surface area contributed by atoms with Crippen LogP contribution in [0.15, 0.2) is 35.6 Å². The van der Waals surface area contributed by atoms with Crippen LogP contribution >= 0.6 is 0 Å². The highest BCUT2D eigenvalue weighted by molar-refractivity contribution is 5.94. The van der Waals surface area contributed by atoms with E-state index in [-0.39, 0.29) is 12.2 Å². The van der Waals surface area contributed by atoms with Crippen LogP contribution in [0.2, 0.25) is 0 Å². The highest BCUT2D eigenvalue weighted by Gasteiger charge is 2.34. The van der Waals surface area contributed by atoms with Crippen LogP contribution in [0.4, 0.5) is 13.2 Å². The minimum absolute atomic E-state index is 0.218. The van der Waals surface area contributed by atoms with Crippen molar-refractivity contribution in [1.82, 2.24) is 4.98 Å². The molecule has 0 radical (unpaired) electrons. The van der Waals surface area contributed by atoms with E-state index in [1.807, 2.05) is 0 Å². The summed E-state index contributed by atoms with van der Waals surface area (Å²) in [5.74, 6) is -2.27. The molecule has 1 heterocycles. The molecular weight excluding hydrogens is 335 g/mol. The number of rotatable bonds is 1. The van der Waals surface area contributed by atoms with Gasteiger partial charge in [-0.15, -0.1) is 0 Å². The summed E-state index contributed by atoms with van der Waals surface area (Å²) in [6.45, 7) is 0. The molecule has 130 valence electrons. The van der Waals surface area contributed by atoms with Crippen molar-refractivity contribution < 1.29 is 28.2 Å². The molecule has 0 spiro atoms. The van der Waals surface area contributed by atoms with Gasteiger partial charge in [0, 0.05) is 22.2 Å². The summed E-state index contributed by atoms with van der Waals surface area (Å²) in [4.78, 5) is 14.3. The summed E-state index contributed by atoms with van der Waals surface area (Å²) in [5.41, 5.74) is 2.84. The number of aliphatic hydroxyl groups is 1. The molecule has 0 aliphatic heterocycles. The van der Waals surface area contributed by atoms with Crippen molar-refractivity contribution >= 4 is 22.4 Å². The number of aliphatic hydroxyl groups excluding tert-OH is 1. The summed E-state index contributed by atoms with van der Waals surface area (Å²) in [7, 11) is 0. The topological polar surface area (TPSA) is 73.3 Å². The highest BCUT2D eigenvalue weighted by Crippen LogP contribution is 2.43. The Balaban J connectivity index is 1.85. The number of aromatic nitrogens is 1. The minimum Gasteiger partial charge on any atom is -0.511 e. The SMILES string of the molecule is O=C(O)C1CC2=C(C=C1O)c1[nH]c3cc(C(F)(F)F)ccc3c1CC2. The maximum absolute atomic E-state index is 12.9. The molecule has 3 N–H and O–H groups in total. The van der Waals surface area contributed by atoms with E-state index >= 15 is 0 Å². The standard InChI is InChI=1S/C18H14F3NO3/c19-18(20,21)9-2-4-10-11-3-1-8-5-13(17(24)25)15(23)7-12(8)16(11)22-14(10)6-9/h2,4,6-7,13,22-23H,1,3,5H2,(H,24,25). The fourth-order valence-corrected chi connectivity index (χ4v) is 3.71. The Morgan fingerprint density at radius 3 is 2.68 bits per heavy atom. The second-order valence-corrected chi connectivity index (χ2v) is 6.42. The average Bonchev–Trinajstić information content (AvgIpc) is 2.91. The number of halogens is 3. The van der Waals surface area contributed by atoms with E-state index < -0.39 is 23.6 Å². The summed E-state index contributed by atoms with van der Waals surface area (Å²) < 4.78 is 38.7. The Kier molecular flexibility index (Phi) is 3.25. The van der Waals surface area contributed by atoms with Crippen LogP contribution in [0, 0.1) is 5.92 Å². The molecule has 7 heteroatoms. The molecule has 1 unspecified atom stereocenters. The molecule has 25 heavy (non-hydrogen) atoms. The van der Waals surface area contributed by atoms with Gasteiger partial charge in [0.2, 0.25) is 0 Å². The van der Waals surface area contributed by atoms with E-state index in [2.05, 4.69) is 4.98 Å². The Bertz CT molecular complexity index is 966. The molecule has 2 aliphatic rings. The van der Waals surface area contributed by atoms with Gasteiger partial charge in [-0.25, -0.2) is 0 Å². The monoisotopic (exact) mass is 349 g/mol. The van der Waals surface area contributed by atoms with Gasteiger partial charge in [0.15, 0.2) is 0 Å². The van der Waals surface area contributed by atoms with Gasteiger partial charge in [-0.1, -0.05) is 11.6 Å². The van der Waals surface area contributed by atoms with Gasteiger partial charge in [-0.05, 0) is 43.0 Å². The van der Waals surface area contributed by atoms with Crippen molar-refractivity contribution in [2.75, 3.05) is 0 Å². The van der Waals surface area contributed by atoms with Crippen molar-refractivity contribution in [3.8, 4) is 0 Å². The van der Waals surface area contributed by atoms with Gasteiger partial charge in [0.1, 0.15) is 11.7 Å². The molecule has 2 aromatic rings. The Morgan fingerprint density at radius 1 is 1.24 bits per heavy atom. The molecule has 1 aromatic carbocycles. The zero-order valence-corrected chi connectivity index (χ0v) is 12.9. The molecule has 0 fully saturated rings. The molecule has 1 atom stereocenters. The van der Waals surface area contributed by atoms with Crippen LogP contribution in [0.25, 0.3) is 16.5 Å². The number of aliphatic carboxylic acids is 1. The smallest absolute Gasteiger partial charge is 0.416 e. The van der Waals surface area contributed by atoms with Crippen LogP contribution in [-0.4, -0.2) is 21.2 Å². The van der Waals surface area contributed by atoms with E-state index in [1.165, 1.54) is 12.1 Å². The van der Waals surface area contributed by atoms with Gasteiger partial charge in [-0.3, -0.25) is 4.79 Å². The predicted octanol–water partition coefficient (Wildman–Crippen LogP) is 4.43. The zero-order valence-electron chi connectivity index (χ0n) is 12.9. The fourth-order valence-electron chi connectivity index (χ4n) is 3.71. The van der Waals surface area contributed by atoms with Crippen LogP contribution in [0.5, 0.6) is 0 Å². The summed E-state index contributed by atoms with van der Waals surface area (Å²) in [6.07, 6.45) is -1.52. The molecule has 0 saturated carbocycles. The number of carboxylic acid groups (broad SMARTS) is 1. The van der Waals surface area contributed by atoms with E-state index in [0.717, 1.165) is 28.7 Å². The molecule has 0 saturated heterocycles. The third-order valence-electron chi connectivity index (χ3n) is 4.96. The summed E-state index contributed by atoms with van der Waals surface area (Å²) >= 11 is 0. The van der Waals surface area contributed by atoms with Crippen LogP contribution in [0.1, 0.15) is 29.7 Å². The first kappa shape index (κ1) is 15.8. The molecule has 1 aromatic heterocycles. The van der Waals surface area contributed by atoms with E-state index in [1.54, 1.807) is 0 Å². The third kappa shape index (κ3) is 2.42. The van der Waals surface area contributed by atoms with Crippen molar-refractivity contribution in [3.63, 3.8) is 0 Å². The van der Waals surface area contributed by atoms with Crippen molar-refractivity contribution in [2.45, 2.75) is 25.4 Å². The average molecular weight is 349 g/mol. The number of benzene rings is 1. The van der Waals surface area contributed by atoms with Gasteiger partial charge in [-0.2, -0.15) is 13.2 Å². The molecule has 0 amide bonds. The lowest BCUT2D eigenvalue weighted by Gasteiger charge is -2.26. The number of allylic oxidation sites excluding steroid dienone is 3. The second-order valence-electron chi connectivity index (χ2n) is 6.42. The van der Waals surface area contributed by atoms with Gasteiger partial charge in [0.05, 0.1) is 5.56 Å². The minimum atomic E-state index is -4.41. The highest BCUT2D eigenvalue weighted by atomic mass is 19.4. The summed E-state index contributed by atoms with van der Waals surface area (Å²) in [6, 6.07) is 3.61. The van der Waals surface area contributed by atoms with Crippen molar-refractivity contribution in [2.24, 2.45) is 5.92 Å². The molecule has 4 nitrogen and oxygen atoms in total.